The highest BCUT2D eigenvalue weighted by molar-refractivity contribution is 6.09. The molecule has 0 saturated carbocycles. The van der Waals surface area contributed by atoms with Gasteiger partial charge in [0, 0.05) is 13.0 Å². The van der Waals surface area contributed by atoms with E-state index >= 15 is 0 Å². The lowest BCUT2D eigenvalue weighted by Crippen LogP contribution is -2.04. The number of carbonyl (C=O) groups excluding carboxylic acids is 1. The molecule has 18 heavy (non-hydrogen) atoms. The third kappa shape index (κ3) is 2.20. The van der Waals surface area contributed by atoms with Gasteiger partial charge in [-0.1, -0.05) is 0 Å². The van der Waals surface area contributed by atoms with E-state index in [9.17, 15) is 4.79 Å². The molecule has 0 aliphatic carbocycles. The van der Waals surface area contributed by atoms with Crippen molar-refractivity contribution in [2.45, 2.75) is 6.92 Å². The summed E-state index contributed by atoms with van der Waals surface area (Å²) in [5.74, 6) is 1.27. The van der Waals surface area contributed by atoms with Gasteiger partial charge < -0.3 is 13.9 Å². The molecule has 0 aliphatic rings. The van der Waals surface area contributed by atoms with Crippen molar-refractivity contribution in [1.82, 2.24) is 4.98 Å². The van der Waals surface area contributed by atoms with Gasteiger partial charge in [0.05, 0.1) is 19.8 Å². The first-order valence-electron chi connectivity index (χ1n) is 5.34. The highest BCUT2D eigenvalue weighted by Crippen LogP contribution is 2.26. The topological polar surface area (TPSA) is 61.6 Å². The smallest absolute Gasteiger partial charge is 0.218 e. The van der Waals surface area contributed by atoms with Gasteiger partial charge in [-0.3, -0.25) is 4.79 Å². The summed E-state index contributed by atoms with van der Waals surface area (Å²) < 4.78 is 15.3. The van der Waals surface area contributed by atoms with E-state index < -0.39 is 0 Å². The van der Waals surface area contributed by atoms with E-state index in [1.165, 1.54) is 13.4 Å². The van der Waals surface area contributed by atoms with Gasteiger partial charge in [-0.15, -0.1) is 0 Å². The number of aromatic nitrogens is 1. The number of hydrogen-bond donors (Lipinski definition) is 0. The van der Waals surface area contributed by atoms with E-state index in [4.69, 9.17) is 13.9 Å². The number of carbonyl (C=O) groups is 1. The predicted octanol–water partition coefficient (Wildman–Crippen LogP) is 2.23. The number of ether oxygens (including phenoxy) is 2. The molecule has 0 unspecified atom stereocenters. The molecule has 0 saturated heterocycles. The fourth-order valence-corrected chi connectivity index (χ4v) is 1.59. The number of rotatable bonds is 4. The molecule has 1 aromatic heterocycles. The average Bonchev–Trinajstić information content (AvgIpc) is 2.83. The second kappa shape index (κ2) is 4.91. The van der Waals surface area contributed by atoms with Crippen molar-refractivity contribution in [3.05, 3.63) is 41.6 Å². The summed E-state index contributed by atoms with van der Waals surface area (Å²) in [7, 11) is 3.05. The zero-order chi connectivity index (χ0) is 13.1. The van der Waals surface area contributed by atoms with Gasteiger partial charge in [-0.2, -0.15) is 0 Å². The van der Waals surface area contributed by atoms with Gasteiger partial charge in [0.1, 0.15) is 23.5 Å². The van der Waals surface area contributed by atoms with Crippen LogP contribution in [0.3, 0.4) is 0 Å². The second-order valence-corrected chi connectivity index (χ2v) is 3.65. The van der Waals surface area contributed by atoms with Crippen LogP contribution in [-0.2, 0) is 0 Å². The summed E-state index contributed by atoms with van der Waals surface area (Å²) in [5, 5.41) is 0. The number of hydrogen-bond acceptors (Lipinski definition) is 5. The van der Waals surface area contributed by atoms with Crippen molar-refractivity contribution in [1.29, 1.82) is 0 Å². The van der Waals surface area contributed by atoms with Crippen LogP contribution in [0.25, 0.3) is 0 Å². The maximum absolute atomic E-state index is 12.2. The molecule has 1 aromatic carbocycles. The van der Waals surface area contributed by atoms with Crippen molar-refractivity contribution in [2.24, 2.45) is 0 Å². The molecule has 0 spiro atoms. The van der Waals surface area contributed by atoms with E-state index in [1.807, 2.05) is 0 Å². The van der Waals surface area contributed by atoms with E-state index in [0.29, 0.717) is 23.0 Å². The van der Waals surface area contributed by atoms with E-state index in [1.54, 1.807) is 32.2 Å². The van der Waals surface area contributed by atoms with Crippen LogP contribution >= 0.6 is 0 Å². The fourth-order valence-electron chi connectivity index (χ4n) is 1.59. The third-order valence-electron chi connectivity index (χ3n) is 2.50. The van der Waals surface area contributed by atoms with Gasteiger partial charge in [-0.05, 0) is 12.1 Å². The standard InChI is InChI=1S/C13H13NO4/c1-8-14-11(7-18-8)13(15)10-5-4-9(16-2)6-12(10)17-3/h4-7H,1-3H3. The van der Waals surface area contributed by atoms with E-state index in [2.05, 4.69) is 4.98 Å². The first-order chi connectivity index (χ1) is 8.65. The maximum Gasteiger partial charge on any atom is 0.218 e. The molecular formula is C13H13NO4. The molecule has 1 heterocycles. The first-order valence-corrected chi connectivity index (χ1v) is 5.34. The van der Waals surface area contributed by atoms with Gasteiger partial charge >= 0.3 is 0 Å². The lowest BCUT2D eigenvalue weighted by atomic mass is 10.1. The Hall–Kier alpha value is -2.30. The molecule has 0 fully saturated rings. The van der Waals surface area contributed by atoms with Crippen LogP contribution in [0.5, 0.6) is 11.5 Å². The molecule has 2 aromatic rings. The summed E-state index contributed by atoms with van der Waals surface area (Å²) in [6, 6.07) is 4.99. The molecule has 0 radical (unpaired) electrons. The third-order valence-corrected chi connectivity index (χ3v) is 2.50. The van der Waals surface area contributed by atoms with Crippen LogP contribution in [0.1, 0.15) is 21.9 Å². The molecule has 94 valence electrons. The molecule has 0 N–H and O–H groups in total. The quantitative estimate of drug-likeness (QED) is 0.775. The number of nitrogens with zero attached hydrogens (tertiary/aromatic N) is 1. The van der Waals surface area contributed by atoms with Crippen molar-refractivity contribution in [3.8, 4) is 11.5 Å². The van der Waals surface area contributed by atoms with Crippen LogP contribution in [-0.4, -0.2) is 25.0 Å². The molecule has 5 nitrogen and oxygen atoms in total. The van der Waals surface area contributed by atoms with Gasteiger partial charge in [-0.25, -0.2) is 4.98 Å². The van der Waals surface area contributed by atoms with Crippen molar-refractivity contribution < 1.29 is 18.7 Å². The number of aryl methyl sites for hydroxylation is 1. The highest BCUT2D eigenvalue weighted by atomic mass is 16.5. The summed E-state index contributed by atoms with van der Waals surface area (Å²) in [4.78, 5) is 16.2. The Balaban J connectivity index is 2.41. The summed E-state index contributed by atoms with van der Waals surface area (Å²) in [6.07, 6.45) is 1.33. The van der Waals surface area contributed by atoms with Crippen LogP contribution in [0.2, 0.25) is 0 Å². The minimum Gasteiger partial charge on any atom is -0.497 e. The lowest BCUT2D eigenvalue weighted by Gasteiger charge is -2.08. The molecule has 0 atom stereocenters. The Morgan fingerprint density at radius 1 is 1.28 bits per heavy atom. The summed E-state index contributed by atoms with van der Waals surface area (Å²) >= 11 is 0. The number of ketones is 1. The predicted molar refractivity (Wildman–Crippen MR) is 64.2 cm³/mol. The number of oxazole rings is 1. The second-order valence-electron chi connectivity index (χ2n) is 3.65. The highest BCUT2D eigenvalue weighted by Gasteiger charge is 2.18. The molecule has 0 amide bonds. The molecule has 0 bridgehead atoms. The van der Waals surface area contributed by atoms with Crippen LogP contribution < -0.4 is 9.47 Å². The van der Waals surface area contributed by atoms with Crippen molar-refractivity contribution in [3.63, 3.8) is 0 Å². The van der Waals surface area contributed by atoms with Gasteiger partial charge in [0.2, 0.25) is 5.78 Å². The van der Waals surface area contributed by atoms with Gasteiger partial charge in [0.25, 0.3) is 0 Å². The Morgan fingerprint density at radius 2 is 2.06 bits per heavy atom. The number of benzene rings is 1. The minimum atomic E-state index is -0.244. The lowest BCUT2D eigenvalue weighted by molar-refractivity contribution is 0.103. The van der Waals surface area contributed by atoms with E-state index in [0.717, 1.165) is 0 Å². The minimum absolute atomic E-state index is 0.244. The van der Waals surface area contributed by atoms with Crippen LogP contribution in [0.4, 0.5) is 0 Å². The van der Waals surface area contributed by atoms with Crippen LogP contribution in [0.15, 0.2) is 28.9 Å². The Bertz CT molecular complexity index is 574. The summed E-state index contributed by atoms with van der Waals surface area (Å²) in [5.41, 5.74) is 0.683. The molecule has 2 rings (SSSR count). The molecular weight excluding hydrogens is 234 g/mol. The SMILES string of the molecule is COc1ccc(C(=O)c2coc(C)n2)c(OC)c1. The van der Waals surface area contributed by atoms with Crippen molar-refractivity contribution in [2.75, 3.05) is 14.2 Å². The summed E-state index contributed by atoms with van der Waals surface area (Å²) in [6.45, 7) is 1.68. The Morgan fingerprint density at radius 3 is 2.61 bits per heavy atom. The maximum atomic E-state index is 12.2. The van der Waals surface area contributed by atoms with E-state index in [-0.39, 0.29) is 11.5 Å². The Kier molecular flexibility index (Phi) is 3.32. The monoisotopic (exact) mass is 247 g/mol. The Labute approximate surface area is 104 Å². The number of methoxy groups -OCH3 is 2. The first kappa shape index (κ1) is 12.2. The van der Waals surface area contributed by atoms with Crippen LogP contribution in [0, 0.1) is 6.92 Å². The van der Waals surface area contributed by atoms with Crippen molar-refractivity contribution >= 4 is 5.78 Å². The largest absolute Gasteiger partial charge is 0.497 e. The molecule has 0 aliphatic heterocycles. The zero-order valence-corrected chi connectivity index (χ0v) is 10.4. The fraction of sp³-hybridized carbons (Fsp3) is 0.231. The zero-order valence-electron chi connectivity index (χ0n) is 10.4. The average molecular weight is 247 g/mol. The van der Waals surface area contributed by atoms with Gasteiger partial charge in [0.15, 0.2) is 5.89 Å². The molecule has 5 heteroatoms. The normalized spacial score (nSPS) is 10.2.